The number of carbonyl (C=O) groups is 1. The molecule has 0 unspecified atom stereocenters. The van der Waals surface area contributed by atoms with E-state index in [2.05, 4.69) is 11.9 Å². The second-order valence-electron chi connectivity index (χ2n) is 3.52. The Hall–Kier alpha value is -1.81. The molecule has 0 aromatic heterocycles. The number of rotatable bonds is 7. The normalized spacial score (nSPS) is 9.71. The number of amides is 1. The van der Waals surface area contributed by atoms with Crippen LogP contribution in [0.15, 0.2) is 36.9 Å². The van der Waals surface area contributed by atoms with Crippen LogP contribution in [0, 0.1) is 0 Å². The smallest absolute Gasteiger partial charge is 0.251 e. The standard InChI is InChI=1S/C13H18N2O2/c1-2-10-17-12-6-4-11(5-7-12)13(16)15-9-3-8-14/h2,4-7H,1,3,8-10,14H2,(H,15,16). The van der Waals surface area contributed by atoms with E-state index in [-0.39, 0.29) is 5.91 Å². The molecule has 17 heavy (non-hydrogen) atoms. The molecule has 0 atom stereocenters. The number of carbonyl (C=O) groups excluding carboxylic acids is 1. The van der Waals surface area contributed by atoms with Gasteiger partial charge >= 0.3 is 0 Å². The molecule has 0 heterocycles. The molecule has 0 aliphatic rings. The van der Waals surface area contributed by atoms with Gasteiger partial charge < -0.3 is 15.8 Å². The van der Waals surface area contributed by atoms with E-state index in [9.17, 15) is 4.79 Å². The molecule has 0 saturated heterocycles. The van der Waals surface area contributed by atoms with Crippen molar-refractivity contribution in [2.24, 2.45) is 5.73 Å². The Morgan fingerprint density at radius 2 is 2.12 bits per heavy atom. The summed E-state index contributed by atoms with van der Waals surface area (Å²) in [6, 6.07) is 7.00. The SMILES string of the molecule is C=CCOc1ccc(C(=O)NCCCN)cc1. The molecule has 1 rings (SSSR count). The number of benzene rings is 1. The lowest BCUT2D eigenvalue weighted by Crippen LogP contribution is -2.25. The van der Waals surface area contributed by atoms with Gasteiger partial charge in [0.15, 0.2) is 0 Å². The van der Waals surface area contributed by atoms with Crippen LogP contribution in [0.5, 0.6) is 5.75 Å². The summed E-state index contributed by atoms with van der Waals surface area (Å²) in [6.45, 7) is 5.20. The van der Waals surface area contributed by atoms with Gasteiger partial charge in [-0.05, 0) is 37.2 Å². The molecule has 4 heteroatoms. The zero-order valence-corrected chi connectivity index (χ0v) is 9.82. The third kappa shape index (κ3) is 4.70. The highest BCUT2D eigenvalue weighted by Gasteiger charge is 2.04. The van der Waals surface area contributed by atoms with Crippen molar-refractivity contribution < 1.29 is 9.53 Å². The van der Waals surface area contributed by atoms with Crippen molar-refractivity contribution in [1.82, 2.24) is 5.32 Å². The maximum absolute atomic E-state index is 11.6. The highest BCUT2D eigenvalue weighted by atomic mass is 16.5. The maximum atomic E-state index is 11.6. The average molecular weight is 234 g/mol. The van der Waals surface area contributed by atoms with E-state index in [0.717, 1.165) is 12.2 Å². The summed E-state index contributed by atoms with van der Waals surface area (Å²) < 4.78 is 5.32. The number of hydrogen-bond donors (Lipinski definition) is 2. The summed E-state index contributed by atoms with van der Waals surface area (Å²) in [4.78, 5) is 11.6. The Morgan fingerprint density at radius 1 is 1.41 bits per heavy atom. The zero-order valence-electron chi connectivity index (χ0n) is 9.82. The molecule has 4 nitrogen and oxygen atoms in total. The second kappa shape index (κ2) is 7.46. The van der Waals surface area contributed by atoms with Crippen LogP contribution < -0.4 is 15.8 Å². The third-order valence-corrected chi connectivity index (χ3v) is 2.15. The topological polar surface area (TPSA) is 64.3 Å². The fourth-order valence-corrected chi connectivity index (χ4v) is 1.26. The van der Waals surface area contributed by atoms with Crippen LogP contribution in [0.1, 0.15) is 16.8 Å². The van der Waals surface area contributed by atoms with Gasteiger partial charge in [0.2, 0.25) is 0 Å². The molecule has 0 spiro atoms. The lowest BCUT2D eigenvalue weighted by atomic mass is 10.2. The van der Waals surface area contributed by atoms with E-state index < -0.39 is 0 Å². The predicted octanol–water partition coefficient (Wildman–Crippen LogP) is 1.33. The Bertz CT molecular complexity index is 360. The monoisotopic (exact) mass is 234 g/mol. The minimum atomic E-state index is -0.0891. The number of hydrogen-bond acceptors (Lipinski definition) is 3. The van der Waals surface area contributed by atoms with Crippen LogP contribution in [0.2, 0.25) is 0 Å². The molecule has 3 N–H and O–H groups in total. The van der Waals surface area contributed by atoms with Gasteiger partial charge in [0, 0.05) is 12.1 Å². The van der Waals surface area contributed by atoms with Gasteiger partial charge in [-0.3, -0.25) is 4.79 Å². The molecule has 0 saturated carbocycles. The van der Waals surface area contributed by atoms with Gasteiger partial charge in [0.25, 0.3) is 5.91 Å². The second-order valence-corrected chi connectivity index (χ2v) is 3.52. The van der Waals surface area contributed by atoms with Crippen LogP contribution in [0.3, 0.4) is 0 Å². The minimum absolute atomic E-state index is 0.0891. The summed E-state index contributed by atoms with van der Waals surface area (Å²) >= 11 is 0. The van der Waals surface area contributed by atoms with Crippen molar-refractivity contribution >= 4 is 5.91 Å². The van der Waals surface area contributed by atoms with Crippen molar-refractivity contribution in [3.63, 3.8) is 0 Å². The van der Waals surface area contributed by atoms with Crippen molar-refractivity contribution in [3.05, 3.63) is 42.5 Å². The zero-order chi connectivity index (χ0) is 12.5. The highest BCUT2D eigenvalue weighted by molar-refractivity contribution is 5.94. The number of ether oxygens (including phenoxy) is 1. The fourth-order valence-electron chi connectivity index (χ4n) is 1.26. The molecule has 0 fully saturated rings. The molecule has 1 aromatic carbocycles. The molecule has 0 bridgehead atoms. The molecule has 0 radical (unpaired) electrons. The average Bonchev–Trinajstić information content (AvgIpc) is 2.37. The van der Waals surface area contributed by atoms with Gasteiger partial charge in [0.1, 0.15) is 12.4 Å². The highest BCUT2D eigenvalue weighted by Crippen LogP contribution is 2.11. The Labute approximate surface area is 101 Å². The first kappa shape index (κ1) is 13.3. The van der Waals surface area contributed by atoms with E-state index in [0.29, 0.717) is 25.3 Å². The van der Waals surface area contributed by atoms with Crippen LogP contribution in [0.25, 0.3) is 0 Å². The van der Waals surface area contributed by atoms with Gasteiger partial charge in [-0.25, -0.2) is 0 Å². The molecule has 1 amide bonds. The third-order valence-electron chi connectivity index (χ3n) is 2.15. The minimum Gasteiger partial charge on any atom is -0.490 e. The van der Waals surface area contributed by atoms with Crippen LogP contribution >= 0.6 is 0 Å². The summed E-state index contributed by atoms with van der Waals surface area (Å²) in [5.74, 6) is 0.636. The summed E-state index contributed by atoms with van der Waals surface area (Å²) in [7, 11) is 0. The van der Waals surface area contributed by atoms with Crippen molar-refractivity contribution in [3.8, 4) is 5.75 Å². The molecule has 92 valence electrons. The summed E-state index contributed by atoms with van der Waals surface area (Å²) in [5.41, 5.74) is 5.96. The number of nitrogens with two attached hydrogens (primary N) is 1. The largest absolute Gasteiger partial charge is 0.490 e. The molecule has 0 aliphatic heterocycles. The van der Waals surface area contributed by atoms with Gasteiger partial charge in [-0.15, -0.1) is 0 Å². The molecule has 0 aliphatic carbocycles. The predicted molar refractivity (Wildman–Crippen MR) is 68.1 cm³/mol. The van der Waals surface area contributed by atoms with Crippen LogP contribution in [0.4, 0.5) is 0 Å². The Kier molecular flexibility index (Phi) is 5.82. The van der Waals surface area contributed by atoms with E-state index in [1.807, 2.05) is 0 Å². The molecular weight excluding hydrogens is 216 g/mol. The molecular formula is C13H18N2O2. The Morgan fingerprint density at radius 3 is 2.71 bits per heavy atom. The fraction of sp³-hybridized carbons (Fsp3) is 0.308. The lowest BCUT2D eigenvalue weighted by molar-refractivity contribution is 0.0953. The van der Waals surface area contributed by atoms with Crippen molar-refractivity contribution in [2.75, 3.05) is 19.7 Å². The van der Waals surface area contributed by atoms with Crippen molar-refractivity contribution in [1.29, 1.82) is 0 Å². The van der Waals surface area contributed by atoms with Crippen molar-refractivity contribution in [2.45, 2.75) is 6.42 Å². The molecule has 1 aromatic rings. The van der Waals surface area contributed by atoms with E-state index >= 15 is 0 Å². The quantitative estimate of drug-likeness (QED) is 0.552. The van der Waals surface area contributed by atoms with Gasteiger partial charge in [-0.2, -0.15) is 0 Å². The Balaban J connectivity index is 2.48. The number of nitrogens with one attached hydrogen (secondary N) is 1. The maximum Gasteiger partial charge on any atom is 0.251 e. The van der Waals surface area contributed by atoms with E-state index in [1.165, 1.54) is 0 Å². The van der Waals surface area contributed by atoms with Crippen LogP contribution in [-0.2, 0) is 0 Å². The first-order valence-corrected chi connectivity index (χ1v) is 5.60. The van der Waals surface area contributed by atoms with Crippen LogP contribution in [-0.4, -0.2) is 25.6 Å². The van der Waals surface area contributed by atoms with E-state index in [1.54, 1.807) is 30.3 Å². The summed E-state index contributed by atoms with van der Waals surface area (Å²) in [5, 5.41) is 2.79. The first-order chi connectivity index (χ1) is 8.27. The van der Waals surface area contributed by atoms with Gasteiger partial charge in [-0.1, -0.05) is 12.7 Å². The van der Waals surface area contributed by atoms with Gasteiger partial charge in [0.05, 0.1) is 0 Å². The lowest BCUT2D eigenvalue weighted by Gasteiger charge is -2.06. The van der Waals surface area contributed by atoms with E-state index in [4.69, 9.17) is 10.5 Å². The summed E-state index contributed by atoms with van der Waals surface area (Å²) in [6.07, 6.45) is 2.46. The first-order valence-electron chi connectivity index (χ1n) is 5.60.